The molecule has 0 aliphatic carbocycles. The van der Waals surface area contributed by atoms with Crippen molar-refractivity contribution in [3.63, 3.8) is 0 Å². The molecule has 0 aliphatic rings. The summed E-state index contributed by atoms with van der Waals surface area (Å²) in [4.78, 5) is 0. The predicted molar refractivity (Wildman–Crippen MR) is 76.3 cm³/mol. The predicted octanol–water partition coefficient (Wildman–Crippen LogP) is 3.90. The minimum Gasteiger partial charge on any atom is -0.327 e. The zero-order valence-electron chi connectivity index (χ0n) is 12.0. The summed E-state index contributed by atoms with van der Waals surface area (Å²) in [7, 11) is 0. The molecule has 1 aromatic carbocycles. The molecule has 2 N–H and O–H groups in total. The van der Waals surface area contributed by atoms with Crippen molar-refractivity contribution < 1.29 is 0 Å². The van der Waals surface area contributed by atoms with Crippen LogP contribution in [0.2, 0.25) is 0 Å². The summed E-state index contributed by atoms with van der Waals surface area (Å²) in [5, 5.41) is 0. The van der Waals surface area contributed by atoms with Crippen molar-refractivity contribution in [2.24, 2.45) is 11.7 Å². The second kappa shape index (κ2) is 5.68. The Morgan fingerprint density at radius 1 is 1.06 bits per heavy atom. The van der Waals surface area contributed by atoms with Crippen LogP contribution in [0.3, 0.4) is 0 Å². The highest BCUT2D eigenvalue weighted by Crippen LogP contribution is 2.22. The zero-order valence-corrected chi connectivity index (χ0v) is 12.0. The highest BCUT2D eigenvalue weighted by atomic mass is 14.6. The first kappa shape index (κ1) is 14.2. The van der Waals surface area contributed by atoms with Gasteiger partial charge in [0.25, 0.3) is 0 Å². The van der Waals surface area contributed by atoms with E-state index in [2.05, 4.69) is 58.9 Å². The van der Waals surface area contributed by atoms with E-state index in [-0.39, 0.29) is 11.5 Å². The molecule has 0 aliphatic heterocycles. The third kappa shape index (κ3) is 4.91. The molecule has 17 heavy (non-hydrogen) atoms. The number of nitrogens with two attached hydrogens (primary N) is 1. The summed E-state index contributed by atoms with van der Waals surface area (Å²) in [6.45, 7) is 11.2. The van der Waals surface area contributed by atoms with E-state index in [1.54, 1.807) is 0 Å². The SMILES string of the molecule is CC(C)CC(N)Cc1ccc(C(C)(C)C)cc1. The average Bonchev–Trinajstić information content (AvgIpc) is 2.15. The molecule has 96 valence electrons. The Hall–Kier alpha value is -0.820. The first-order chi connectivity index (χ1) is 7.79. The molecule has 0 fully saturated rings. The largest absolute Gasteiger partial charge is 0.327 e. The Morgan fingerprint density at radius 3 is 2.00 bits per heavy atom. The Bertz CT molecular complexity index is 330. The molecule has 0 amide bonds. The Morgan fingerprint density at radius 2 is 1.59 bits per heavy atom. The minimum atomic E-state index is 0.235. The molecule has 0 saturated carbocycles. The van der Waals surface area contributed by atoms with Gasteiger partial charge in [0.15, 0.2) is 0 Å². The quantitative estimate of drug-likeness (QED) is 0.838. The smallest absolute Gasteiger partial charge is 0.00817 e. The molecule has 0 radical (unpaired) electrons. The molecule has 1 aromatic rings. The van der Waals surface area contributed by atoms with E-state index in [4.69, 9.17) is 5.73 Å². The summed E-state index contributed by atoms with van der Waals surface area (Å²) in [6, 6.07) is 9.20. The van der Waals surface area contributed by atoms with E-state index in [1.165, 1.54) is 11.1 Å². The van der Waals surface area contributed by atoms with Gasteiger partial charge in [0.1, 0.15) is 0 Å². The average molecular weight is 233 g/mol. The van der Waals surface area contributed by atoms with Gasteiger partial charge in [-0.05, 0) is 35.3 Å². The highest BCUT2D eigenvalue weighted by Gasteiger charge is 2.13. The van der Waals surface area contributed by atoms with Gasteiger partial charge in [0.2, 0.25) is 0 Å². The maximum Gasteiger partial charge on any atom is 0.00817 e. The molecule has 1 rings (SSSR count). The van der Waals surface area contributed by atoms with Gasteiger partial charge in [-0.2, -0.15) is 0 Å². The van der Waals surface area contributed by atoms with Crippen LogP contribution < -0.4 is 5.73 Å². The van der Waals surface area contributed by atoms with Gasteiger partial charge in [-0.25, -0.2) is 0 Å². The molecule has 0 saturated heterocycles. The van der Waals surface area contributed by atoms with E-state index in [0.717, 1.165) is 12.8 Å². The van der Waals surface area contributed by atoms with Crippen molar-refractivity contribution in [3.05, 3.63) is 35.4 Å². The first-order valence-corrected chi connectivity index (χ1v) is 6.64. The van der Waals surface area contributed by atoms with Crippen molar-refractivity contribution in [1.82, 2.24) is 0 Å². The van der Waals surface area contributed by atoms with Crippen molar-refractivity contribution in [1.29, 1.82) is 0 Å². The number of benzene rings is 1. The molecule has 1 nitrogen and oxygen atoms in total. The summed E-state index contributed by atoms with van der Waals surface area (Å²) in [6.07, 6.45) is 2.09. The van der Waals surface area contributed by atoms with Crippen LogP contribution in [0.15, 0.2) is 24.3 Å². The van der Waals surface area contributed by atoms with Gasteiger partial charge in [-0.3, -0.25) is 0 Å². The second-order valence-corrected chi connectivity index (χ2v) is 6.54. The molecule has 1 unspecified atom stereocenters. The Balaban J connectivity index is 2.63. The molecule has 1 atom stereocenters. The van der Waals surface area contributed by atoms with Crippen molar-refractivity contribution in [2.45, 2.75) is 58.9 Å². The second-order valence-electron chi connectivity index (χ2n) is 6.54. The number of hydrogen-bond acceptors (Lipinski definition) is 1. The maximum atomic E-state index is 6.13. The molecular formula is C16H27N. The number of hydrogen-bond donors (Lipinski definition) is 1. The molecule has 0 aromatic heterocycles. The third-order valence-corrected chi connectivity index (χ3v) is 3.09. The van der Waals surface area contributed by atoms with Gasteiger partial charge in [-0.15, -0.1) is 0 Å². The molecule has 0 spiro atoms. The summed E-state index contributed by atoms with van der Waals surface area (Å²) < 4.78 is 0. The lowest BCUT2D eigenvalue weighted by atomic mass is 9.86. The molecule has 0 bridgehead atoms. The van der Waals surface area contributed by atoms with E-state index < -0.39 is 0 Å². The van der Waals surface area contributed by atoms with Crippen LogP contribution in [0.5, 0.6) is 0 Å². The first-order valence-electron chi connectivity index (χ1n) is 6.64. The van der Waals surface area contributed by atoms with Crippen LogP contribution in [-0.2, 0) is 11.8 Å². The van der Waals surface area contributed by atoms with E-state index >= 15 is 0 Å². The normalized spacial score (nSPS) is 14.1. The lowest BCUT2D eigenvalue weighted by molar-refractivity contribution is 0.493. The lowest BCUT2D eigenvalue weighted by Crippen LogP contribution is -2.24. The van der Waals surface area contributed by atoms with Crippen LogP contribution in [0.1, 0.15) is 52.2 Å². The van der Waals surface area contributed by atoms with Crippen LogP contribution in [0.4, 0.5) is 0 Å². The summed E-state index contributed by atoms with van der Waals surface area (Å²) >= 11 is 0. The zero-order chi connectivity index (χ0) is 13.1. The fraction of sp³-hybridized carbons (Fsp3) is 0.625. The van der Waals surface area contributed by atoms with Crippen molar-refractivity contribution >= 4 is 0 Å². The lowest BCUT2D eigenvalue weighted by Gasteiger charge is -2.20. The highest BCUT2D eigenvalue weighted by molar-refractivity contribution is 5.27. The minimum absolute atomic E-state index is 0.235. The molecular weight excluding hydrogens is 206 g/mol. The Labute approximate surface area is 106 Å². The molecule has 0 heterocycles. The van der Waals surface area contributed by atoms with Gasteiger partial charge >= 0.3 is 0 Å². The van der Waals surface area contributed by atoms with Crippen LogP contribution >= 0.6 is 0 Å². The van der Waals surface area contributed by atoms with E-state index in [1.807, 2.05) is 0 Å². The van der Waals surface area contributed by atoms with E-state index in [9.17, 15) is 0 Å². The number of rotatable bonds is 4. The van der Waals surface area contributed by atoms with E-state index in [0.29, 0.717) is 5.92 Å². The van der Waals surface area contributed by atoms with Gasteiger partial charge in [-0.1, -0.05) is 58.9 Å². The van der Waals surface area contributed by atoms with Gasteiger partial charge in [0.05, 0.1) is 0 Å². The maximum absolute atomic E-state index is 6.13. The van der Waals surface area contributed by atoms with Crippen LogP contribution in [0.25, 0.3) is 0 Å². The van der Waals surface area contributed by atoms with Crippen molar-refractivity contribution in [3.8, 4) is 0 Å². The fourth-order valence-corrected chi connectivity index (χ4v) is 2.13. The summed E-state index contributed by atoms with van der Waals surface area (Å²) in [5.41, 5.74) is 9.11. The molecule has 1 heteroatoms. The summed E-state index contributed by atoms with van der Waals surface area (Å²) in [5.74, 6) is 0.679. The fourth-order valence-electron chi connectivity index (χ4n) is 2.13. The van der Waals surface area contributed by atoms with Crippen LogP contribution in [0, 0.1) is 5.92 Å². The Kier molecular flexibility index (Phi) is 4.76. The topological polar surface area (TPSA) is 26.0 Å². The monoisotopic (exact) mass is 233 g/mol. The van der Waals surface area contributed by atoms with Gasteiger partial charge < -0.3 is 5.73 Å². The van der Waals surface area contributed by atoms with Crippen LogP contribution in [-0.4, -0.2) is 6.04 Å². The third-order valence-electron chi connectivity index (χ3n) is 3.09. The van der Waals surface area contributed by atoms with Crippen molar-refractivity contribution in [2.75, 3.05) is 0 Å². The standard InChI is InChI=1S/C16H27N/c1-12(2)10-15(17)11-13-6-8-14(9-7-13)16(3,4)5/h6-9,12,15H,10-11,17H2,1-5H3. The van der Waals surface area contributed by atoms with Gasteiger partial charge in [0, 0.05) is 6.04 Å².